The van der Waals surface area contributed by atoms with Crippen LogP contribution in [0.2, 0.25) is 0 Å². The Labute approximate surface area is 73.9 Å². The molecule has 1 amide bonds. The lowest BCUT2D eigenvalue weighted by Crippen LogP contribution is -2.37. The van der Waals surface area contributed by atoms with Gasteiger partial charge in [0.1, 0.15) is 0 Å². The molecule has 2 saturated carbocycles. The Bertz CT molecular complexity index is 182. The largest absolute Gasteiger partial charge is 0.345 e. The molecule has 0 atom stereocenters. The summed E-state index contributed by atoms with van der Waals surface area (Å²) in [5.74, 6) is 1.61. The molecule has 0 N–H and O–H groups in total. The fraction of sp³-hybridized carbons (Fsp3) is 0.900. The van der Waals surface area contributed by atoms with E-state index in [1.807, 2.05) is 11.9 Å². The molecule has 2 fully saturated rings. The average molecular weight is 167 g/mol. The van der Waals surface area contributed by atoms with Crippen LogP contribution < -0.4 is 0 Å². The first-order valence-electron chi connectivity index (χ1n) is 5.02. The van der Waals surface area contributed by atoms with Crippen molar-refractivity contribution in [3.63, 3.8) is 0 Å². The summed E-state index contributed by atoms with van der Waals surface area (Å²) in [7, 11) is 1.96. The molecule has 0 aromatic rings. The molecule has 68 valence electrons. The van der Waals surface area contributed by atoms with Gasteiger partial charge in [-0.1, -0.05) is 6.42 Å². The number of rotatable bonds is 3. The molecule has 2 heteroatoms. The highest BCUT2D eigenvalue weighted by Crippen LogP contribution is 2.32. The first kappa shape index (κ1) is 8.09. The normalized spacial score (nSPS) is 23.4. The summed E-state index contributed by atoms with van der Waals surface area (Å²) in [6, 6.07) is 0. The van der Waals surface area contributed by atoms with Crippen LogP contribution in [0.4, 0.5) is 0 Å². The van der Waals surface area contributed by atoms with E-state index in [1.54, 1.807) is 0 Å². The van der Waals surface area contributed by atoms with Crippen LogP contribution in [0.15, 0.2) is 0 Å². The van der Waals surface area contributed by atoms with E-state index in [4.69, 9.17) is 0 Å². The lowest BCUT2D eigenvalue weighted by molar-refractivity contribution is -0.137. The molecule has 2 nitrogen and oxygen atoms in total. The van der Waals surface area contributed by atoms with Crippen molar-refractivity contribution >= 4 is 5.91 Å². The van der Waals surface area contributed by atoms with Crippen LogP contribution in [0.5, 0.6) is 0 Å². The lowest BCUT2D eigenvalue weighted by Gasteiger charge is -2.29. The van der Waals surface area contributed by atoms with Gasteiger partial charge in [0.05, 0.1) is 0 Å². The average Bonchev–Trinajstić information content (AvgIpc) is 2.67. The molecule has 0 heterocycles. The maximum Gasteiger partial charge on any atom is 0.225 e. The van der Waals surface area contributed by atoms with Crippen molar-refractivity contribution in [2.75, 3.05) is 13.6 Å². The van der Waals surface area contributed by atoms with Gasteiger partial charge in [-0.25, -0.2) is 0 Å². The minimum absolute atomic E-state index is 0.383. The molecular formula is C10H17NO. The third-order valence-corrected chi connectivity index (χ3v) is 3.06. The van der Waals surface area contributed by atoms with Gasteiger partial charge in [-0.3, -0.25) is 4.79 Å². The third kappa shape index (κ3) is 1.62. The Morgan fingerprint density at radius 3 is 2.42 bits per heavy atom. The Morgan fingerprint density at radius 2 is 2.00 bits per heavy atom. The van der Waals surface area contributed by atoms with Crippen LogP contribution in [0, 0.1) is 11.8 Å². The van der Waals surface area contributed by atoms with Gasteiger partial charge in [-0.05, 0) is 31.6 Å². The van der Waals surface area contributed by atoms with Gasteiger partial charge in [0, 0.05) is 19.5 Å². The van der Waals surface area contributed by atoms with Crippen molar-refractivity contribution in [3.8, 4) is 0 Å². The maximum absolute atomic E-state index is 11.6. The van der Waals surface area contributed by atoms with Gasteiger partial charge < -0.3 is 4.90 Å². The van der Waals surface area contributed by atoms with E-state index in [2.05, 4.69) is 0 Å². The molecule has 2 aliphatic rings. The molecular weight excluding hydrogens is 150 g/mol. The predicted molar refractivity (Wildman–Crippen MR) is 47.7 cm³/mol. The third-order valence-electron chi connectivity index (χ3n) is 3.06. The van der Waals surface area contributed by atoms with E-state index >= 15 is 0 Å². The van der Waals surface area contributed by atoms with Crippen LogP contribution in [-0.2, 0) is 4.79 Å². The summed E-state index contributed by atoms with van der Waals surface area (Å²) < 4.78 is 0. The van der Waals surface area contributed by atoms with E-state index in [9.17, 15) is 4.79 Å². The molecule has 2 aliphatic carbocycles. The van der Waals surface area contributed by atoms with E-state index in [-0.39, 0.29) is 0 Å². The van der Waals surface area contributed by atoms with Gasteiger partial charge in [0.25, 0.3) is 0 Å². The first-order chi connectivity index (χ1) is 5.77. The number of amides is 1. The van der Waals surface area contributed by atoms with Gasteiger partial charge in [0.2, 0.25) is 5.91 Å². The maximum atomic E-state index is 11.6. The summed E-state index contributed by atoms with van der Waals surface area (Å²) in [4.78, 5) is 13.6. The molecule has 0 unspecified atom stereocenters. The quantitative estimate of drug-likeness (QED) is 0.626. The van der Waals surface area contributed by atoms with Crippen LogP contribution in [0.25, 0.3) is 0 Å². The van der Waals surface area contributed by atoms with Crippen molar-refractivity contribution in [1.29, 1.82) is 0 Å². The highest BCUT2D eigenvalue weighted by atomic mass is 16.2. The molecule has 0 bridgehead atoms. The fourth-order valence-electron chi connectivity index (χ4n) is 1.74. The zero-order valence-electron chi connectivity index (χ0n) is 7.75. The Hall–Kier alpha value is -0.530. The zero-order valence-corrected chi connectivity index (χ0v) is 7.75. The van der Waals surface area contributed by atoms with E-state index in [0.29, 0.717) is 11.8 Å². The number of hydrogen-bond acceptors (Lipinski definition) is 1. The van der Waals surface area contributed by atoms with Crippen molar-refractivity contribution in [1.82, 2.24) is 4.90 Å². The smallest absolute Gasteiger partial charge is 0.225 e. The highest BCUT2D eigenvalue weighted by Gasteiger charge is 2.30. The number of carbonyl (C=O) groups is 1. The van der Waals surface area contributed by atoms with E-state index in [1.165, 1.54) is 19.3 Å². The zero-order chi connectivity index (χ0) is 8.55. The van der Waals surface area contributed by atoms with Gasteiger partial charge in [-0.2, -0.15) is 0 Å². The van der Waals surface area contributed by atoms with Crippen LogP contribution in [0.1, 0.15) is 32.1 Å². The van der Waals surface area contributed by atoms with Crippen molar-refractivity contribution in [2.24, 2.45) is 11.8 Å². The van der Waals surface area contributed by atoms with E-state index in [0.717, 1.165) is 25.3 Å². The van der Waals surface area contributed by atoms with Crippen LogP contribution >= 0.6 is 0 Å². The monoisotopic (exact) mass is 167 g/mol. The van der Waals surface area contributed by atoms with Crippen molar-refractivity contribution in [3.05, 3.63) is 0 Å². The first-order valence-corrected chi connectivity index (χ1v) is 5.02. The van der Waals surface area contributed by atoms with Gasteiger partial charge in [0.15, 0.2) is 0 Å². The molecule has 0 saturated heterocycles. The topological polar surface area (TPSA) is 20.3 Å². The summed E-state index contributed by atoms with van der Waals surface area (Å²) in [6.07, 6.45) is 6.19. The second kappa shape index (κ2) is 3.08. The lowest BCUT2D eigenvalue weighted by atomic mass is 9.84. The Kier molecular flexibility index (Phi) is 2.07. The minimum Gasteiger partial charge on any atom is -0.345 e. The van der Waals surface area contributed by atoms with Crippen molar-refractivity contribution < 1.29 is 4.79 Å². The molecule has 0 aromatic heterocycles. The van der Waals surface area contributed by atoms with Crippen LogP contribution in [0.3, 0.4) is 0 Å². The summed E-state index contributed by atoms with van der Waals surface area (Å²) in [5.41, 5.74) is 0. The van der Waals surface area contributed by atoms with Crippen LogP contribution in [-0.4, -0.2) is 24.4 Å². The molecule has 12 heavy (non-hydrogen) atoms. The SMILES string of the molecule is CN(CC1CC1)C(=O)C1CCC1. The summed E-state index contributed by atoms with van der Waals surface area (Å²) in [6.45, 7) is 1.01. The fourth-order valence-corrected chi connectivity index (χ4v) is 1.74. The van der Waals surface area contributed by atoms with Crippen molar-refractivity contribution in [2.45, 2.75) is 32.1 Å². The predicted octanol–water partition coefficient (Wildman–Crippen LogP) is 1.65. The van der Waals surface area contributed by atoms with Gasteiger partial charge >= 0.3 is 0 Å². The molecule has 0 aromatic carbocycles. The highest BCUT2D eigenvalue weighted by molar-refractivity contribution is 5.79. The molecule has 2 rings (SSSR count). The van der Waals surface area contributed by atoms with E-state index < -0.39 is 0 Å². The molecule has 0 radical (unpaired) electrons. The molecule has 0 aliphatic heterocycles. The molecule has 0 spiro atoms. The summed E-state index contributed by atoms with van der Waals surface area (Å²) in [5, 5.41) is 0. The standard InChI is InChI=1S/C10H17NO/c1-11(7-8-5-6-8)10(12)9-3-2-4-9/h8-9H,2-7H2,1H3. The number of hydrogen-bond donors (Lipinski definition) is 0. The second-order valence-corrected chi connectivity index (χ2v) is 4.29. The number of carbonyl (C=O) groups excluding carboxylic acids is 1. The minimum atomic E-state index is 0.383. The number of nitrogens with zero attached hydrogens (tertiary/aromatic N) is 1. The Balaban J connectivity index is 1.76. The second-order valence-electron chi connectivity index (χ2n) is 4.29. The van der Waals surface area contributed by atoms with Gasteiger partial charge in [-0.15, -0.1) is 0 Å². The summed E-state index contributed by atoms with van der Waals surface area (Å²) >= 11 is 0. The Morgan fingerprint density at radius 1 is 1.33 bits per heavy atom.